The average Bonchev–Trinajstić information content (AvgIpc) is 2.69. The average molecular weight is 397 g/mol. The summed E-state index contributed by atoms with van der Waals surface area (Å²) in [7, 11) is -1.53. The first-order chi connectivity index (χ1) is 13.5. The summed E-state index contributed by atoms with van der Waals surface area (Å²) in [5, 5.41) is 8.15. The maximum atomic E-state index is 12.3. The second-order valence-corrected chi connectivity index (χ2v) is 8.47. The fraction of sp³-hybridized carbons (Fsp3) is 0.238. The van der Waals surface area contributed by atoms with E-state index in [9.17, 15) is 8.42 Å². The highest BCUT2D eigenvalue weighted by Gasteiger charge is 2.12. The molecule has 6 nitrogen and oxygen atoms in total. The van der Waals surface area contributed by atoms with Gasteiger partial charge in [0.25, 0.3) is 0 Å². The van der Waals surface area contributed by atoms with Crippen molar-refractivity contribution >= 4 is 21.7 Å². The van der Waals surface area contributed by atoms with Crippen molar-refractivity contribution in [2.75, 3.05) is 22.4 Å². The van der Waals surface area contributed by atoms with Gasteiger partial charge in [-0.25, -0.2) is 8.42 Å². The molecule has 28 heavy (non-hydrogen) atoms. The fourth-order valence-electron chi connectivity index (χ4n) is 2.84. The van der Waals surface area contributed by atoms with Gasteiger partial charge in [0.05, 0.1) is 5.75 Å². The summed E-state index contributed by atoms with van der Waals surface area (Å²) in [5.41, 5.74) is 2.29. The molecule has 7 heteroatoms. The molecule has 0 radical (unpaired) electrons. The van der Waals surface area contributed by atoms with Gasteiger partial charge in [0.1, 0.15) is 0 Å². The van der Waals surface area contributed by atoms with E-state index in [1.54, 1.807) is 12.1 Å². The standard InChI is InChI=1S/C21H24N4O2S/c1-25(17-19-11-6-3-7-12-19)21-15-14-20(22-23-21)24-28(26,27)16-8-13-18-9-4-2-5-10-18/h2-7,9-12,14-15H,8,13,16-17H2,1H3,(H,22,24). The lowest BCUT2D eigenvalue weighted by atomic mass is 10.1. The van der Waals surface area contributed by atoms with Crippen molar-refractivity contribution in [1.29, 1.82) is 0 Å². The number of anilines is 2. The van der Waals surface area contributed by atoms with Gasteiger partial charge in [-0.2, -0.15) is 0 Å². The van der Waals surface area contributed by atoms with Crippen LogP contribution in [-0.2, 0) is 23.0 Å². The lowest BCUT2D eigenvalue weighted by Gasteiger charge is -2.17. The minimum atomic E-state index is -3.45. The second-order valence-electron chi connectivity index (χ2n) is 6.63. The Morgan fingerprint density at radius 1 is 0.857 bits per heavy atom. The van der Waals surface area contributed by atoms with Crippen LogP contribution in [0.4, 0.5) is 11.6 Å². The first kappa shape index (κ1) is 19.8. The topological polar surface area (TPSA) is 75.2 Å². The van der Waals surface area contributed by atoms with E-state index >= 15 is 0 Å². The summed E-state index contributed by atoms with van der Waals surface area (Å²) in [4.78, 5) is 1.96. The largest absolute Gasteiger partial charge is 0.354 e. The zero-order valence-electron chi connectivity index (χ0n) is 15.8. The van der Waals surface area contributed by atoms with Crippen molar-refractivity contribution in [1.82, 2.24) is 10.2 Å². The molecular weight excluding hydrogens is 372 g/mol. The highest BCUT2D eigenvalue weighted by atomic mass is 32.2. The van der Waals surface area contributed by atoms with Crippen molar-refractivity contribution < 1.29 is 8.42 Å². The number of nitrogens with one attached hydrogen (secondary N) is 1. The zero-order chi connectivity index (χ0) is 19.8. The van der Waals surface area contributed by atoms with Gasteiger partial charge in [0.2, 0.25) is 10.0 Å². The Balaban J connectivity index is 1.52. The zero-order valence-corrected chi connectivity index (χ0v) is 16.6. The first-order valence-corrected chi connectivity index (χ1v) is 10.8. The highest BCUT2D eigenvalue weighted by molar-refractivity contribution is 7.92. The Morgan fingerprint density at radius 2 is 1.50 bits per heavy atom. The lowest BCUT2D eigenvalue weighted by molar-refractivity contribution is 0.598. The SMILES string of the molecule is CN(Cc1ccccc1)c1ccc(NS(=O)(=O)CCCc2ccccc2)nn1. The van der Waals surface area contributed by atoms with Crippen LogP contribution in [0, 0.1) is 0 Å². The summed E-state index contributed by atoms with van der Waals surface area (Å²) >= 11 is 0. The van der Waals surface area contributed by atoms with Gasteiger partial charge in [-0.05, 0) is 36.1 Å². The van der Waals surface area contributed by atoms with Gasteiger partial charge >= 0.3 is 0 Å². The Morgan fingerprint density at radius 3 is 2.11 bits per heavy atom. The van der Waals surface area contributed by atoms with Crippen LogP contribution in [0.2, 0.25) is 0 Å². The molecule has 0 aliphatic rings. The Kier molecular flexibility index (Phi) is 6.60. The van der Waals surface area contributed by atoms with Crippen LogP contribution in [0.25, 0.3) is 0 Å². The van der Waals surface area contributed by atoms with Gasteiger partial charge in [-0.1, -0.05) is 60.7 Å². The molecular formula is C21H24N4O2S. The normalized spacial score (nSPS) is 11.2. The van der Waals surface area contributed by atoms with Crippen molar-refractivity contribution in [3.8, 4) is 0 Å². The number of nitrogens with zero attached hydrogens (tertiary/aromatic N) is 3. The molecule has 0 aliphatic carbocycles. The highest BCUT2D eigenvalue weighted by Crippen LogP contribution is 2.14. The van der Waals surface area contributed by atoms with Crippen LogP contribution in [-0.4, -0.2) is 31.4 Å². The van der Waals surface area contributed by atoms with Crippen molar-refractivity contribution in [3.05, 3.63) is 83.9 Å². The molecule has 0 bridgehead atoms. The van der Waals surface area contributed by atoms with E-state index < -0.39 is 10.0 Å². The molecule has 1 heterocycles. The van der Waals surface area contributed by atoms with E-state index in [-0.39, 0.29) is 11.6 Å². The molecule has 3 aromatic rings. The Hall–Kier alpha value is -2.93. The van der Waals surface area contributed by atoms with Crippen LogP contribution in [0.1, 0.15) is 17.5 Å². The smallest absolute Gasteiger partial charge is 0.233 e. The monoisotopic (exact) mass is 396 g/mol. The molecule has 0 saturated carbocycles. The first-order valence-electron chi connectivity index (χ1n) is 9.15. The van der Waals surface area contributed by atoms with Gasteiger partial charge in [-0.3, -0.25) is 4.72 Å². The number of hydrogen-bond donors (Lipinski definition) is 1. The summed E-state index contributed by atoms with van der Waals surface area (Å²) < 4.78 is 27.0. The third-order valence-electron chi connectivity index (χ3n) is 4.29. The number of sulfonamides is 1. The molecule has 3 rings (SSSR count). The predicted octanol–water partition coefficient (Wildman–Crippen LogP) is 3.49. The molecule has 0 unspecified atom stereocenters. The van der Waals surface area contributed by atoms with Crippen molar-refractivity contribution in [2.45, 2.75) is 19.4 Å². The lowest BCUT2D eigenvalue weighted by Crippen LogP contribution is -2.20. The van der Waals surface area contributed by atoms with E-state index in [0.717, 1.165) is 17.5 Å². The minimum Gasteiger partial charge on any atom is -0.354 e. The number of rotatable bonds is 9. The van der Waals surface area contributed by atoms with Crippen LogP contribution in [0.3, 0.4) is 0 Å². The van der Waals surface area contributed by atoms with E-state index in [1.807, 2.05) is 72.6 Å². The fourth-order valence-corrected chi connectivity index (χ4v) is 3.90. The number of hydrogen-bond acceptors (Lipinski definition) is 5. The molecule has 146 valence electrons. The van der Waals surface area contributed by atoms with E-state index in [4.69, 9.17) is 0 Å². The Labute approximate surface area is 166 Å². The summed E-state index contributed by atoms with van der Waals surface area (Å²) in [6.45, 7) is 0.695. The quantitative estimate of drug-likeness (QED) is 0.599. The van der Waals surface area contributed by atoms with Crippen molar-refractivity contribution in [2.24, 2.45) is 0 Å². The molecule has 0 aliphatic heterocycles. The maximum Gasteiger partial charge on any atom is 0.233 e. The summed E-state index contributed by atoms with van der Waals surface area (Å²) in [6.07, 6.45) is 1.27. The van der Waals surface area contributed by atoms with E-state index in [2.05, 4.69) is 14.9 Å². The van der Waals surface area contributed by atoms with Gasteiger partial charge in [0, 0.05) is 13.6 Å². The molecule has 0 amide bonds. The van der Waals surface area contributed by atoms with Gasteiger partial charge < -0.3 is 4.90 Å². The van der Waals surface area contributed by atoms with Gasteiger partial charge in [0.15, 0.2) is 11.6 Å². The number of benzene rings is 2. The van der Waals surface area contributed by atoms with E-state index in [1.165, 1.54) is 0 Å². The van der Waals surface area contributed by atoms with Crippen molar-refractivity contribution in [3.63, 3.8) is 0 Å². The van der Waals surface area contributed by atoms with Crippen LogP contribution < -0.4 is 9.62 Å². The number of aromatic nitrogens is 2. The molecule has 2 aromatic carbocycles. The predicted molar refractivity (Wildman–Crippen MR) is 113 cm³/mol. The molecule has 0 fully saturated rings. The summed E-state index contributed by atoms with van der Waals surface area (Å²) in [6, 6.07) is 23.3. The molecule has 1 aromatic heterocycles. The van der Waals surface area contributed by atoms with Gasteiger partial charge in [-0.15, -0.1) is 10.2 Å². The Bertz CT molecular complexity index is 962. The molecule has 0 spiro atoms. The number of aryl methyl sites for hydroxylation is 1. The van der Waals surface area contributed by atoms with Crippen LogP contribution >= 0.6 is 0 Å². The van der Waals surface area contributed by atoms with Crippen LogP contribution in [0.5, 0.6) is 0 Å². The molecule has 0 saturated heterocycles. The molecule has 0 atom stereocenters. The van der Waals surface area contributed by atoms with Crippen LogP contribution in [0.15, 0.2) is 72.8 Å². The minimum absolute atomic E-state index is 0.0409. The van der Waals surface area contributed by atoms with E-state index in [0.29, 0.717) is 18.8 Å². The maximum absolute atomic E-state index is 12.3. The summed E-state index contributed by atoms with van der Waals surface area (Å²) in [5.74, 6) is 0.951. The third-order valence-corrected chi connectivity index (χ3v) is 5.63. The molecule has 1 N–H and O–H groups in total. The second kappa shape index (κ2) is 9.32. The third kappa shape index (κ3) is 6.06.